The molecule has 7 nitrogen and oxygen atoms in total. The zero-order chi connectivity index (χ0) is 23.9. The second-order valence-electron chi connectivity index (χ2n) is 9.80. The van der Waals surface area contributed by atoms with Crippen LogP contribution in [0.3, 0.4) is 0 Å². The van der Waals surface area contributed by atoms with E-state index in [4.69, 9.17) is 0 Å². The van der Waals surface area contributed by atoms with E-state index in [-0.39, 0.29) is 16.8 Å². The van der Waals surface area contributed by atoms with Crippen molar-refractivity contribution >= 4 is 21.6 Å². The largest absolute Gasteiger partial charge is 0.365 e. The number of anilines is 1. The number of rotatable bonds is 4. The summed E-state index contributed by atoms with van der Waals surface area (Å²) in [6, 6.07) is 8.59. The molecule has 0 radical (unpaired) electrons. The van der Waals surface area contributed by atoms with Crippen LogP contribution in [0.1, 0.15) is 54.0 Å². The van der Waals surface area contributed by atoms with E-state index in [1.165, 1.54) is 11.3 Å². The number of aromatic amines is 1. The van der Waals surface area contributed by atoms with Gasteiger partial charge < -0.3 is 14.8 Å². The van der Waals surface area contributed by atoms with Gasteiger partial charge in [0.25, 0.3) is 5.91 Å². The maximum absolute atomic E-state index is 13.4. The van der Waals surface area contributed by atoms with Crippen molar-refractivity contribution in [2.75, 3.05) is 37.6 Å². The summed E-state index contributed by atoms with van der Waals surface area (Å²) < 4.78 is 28.4. The van der Waals surface area contributed by atoms with Gasteiger partial charge in [0.15, 0.2) is 0 Å². The minimum atomic E-state index is -3.63. The smallest absolute Gasteiger partial charge is 0.270 e. The van der Waals surface area contributed by atoms with Crippen molar-refractivity contribution in [3.05, 3.63) is 46.8 Å². The van der Waals surface area contributed by atoms with E-state index in [9.17, 15) is 13.2 Å². The highest BCUT2D eigenvalue weighted by Crippen LogP contribution is 2.30. The van der Waals surface area contributed by atoms with Gasteiger partial charge in [0.2, 0.25) is 10.0 Å². The van der Waals surface area contributed by atoms with Gasteiger partial charge in [-0.2, -0.15) is 4.31 Å². The van der Waals surface area contributed by atoms with Crippen LogP contribution in [-0.2, 0) is 10.0 Å². The Morgan fingerprint density at radius 3 is 2.36 bits per heavy atom. The Morgan fingerprint density at radius 1 is 1.03 bits per heavy atom. The summed E-state index contributed by atoms with van der Waals surface area (Å²) in [4.78, 5) is 21.0. The molecule has 2 saturated heterocycles. The fourth-order valence-corrected chi connectivity index (χ4v) is 7.06. The zero-order valence-corrected chi connectivity index (χ0v) is 21.2. The highest BCUT2D eigenvalue weighted by Gasteiger charge is 2.35. The third-order valence-corrected chi connectivity index (χ3v) is 9.34. The Balaban J connectivity index is 1.53. The monoisotopic (exact) mass is 472 g/mol. The zero-order valence-electron chi connectivity index (χ0n) is 20.4. The molecular weight excluding hydrogens is 436 g/mol. The van der Waals surface area contributed by atoms with Crippen molar-refractivity contribution in [3.8, 4) is 0 Å². The van der Waals surface area contributed by atoms with Crippen LogP contribution in [-0.4, -0.2) is 67.3 Å². The van der Waals surface area contributed by atoms with Gasteiger partial charge in [-0.3, -0.25) is 4.79 Å². The highest BCUT2D eigenvalue weighted by atomic mass is 32.2. The second-order valence-corrected chi connectivity index (χ2v) is 11.7. The summed E-state index contributed by atoms with van der Waals surface area (Å²) in [6.07, 6.45) is 1.74. The van der Waals surface area contributed by atoms with E-state index in [0.29, 0.717) is 49.0 Å². The number of piperazine rings is 1. The summed E-state index contributed by atoms with van der Waals surface area (Å²) in [5, 5.41) is 0. The normalized spacial score (nSPS) is 20.9. The predicted octanol–water partition coefficient (Wildman–Crippen LogP) is 3.71. The SMILES string of the molecule is Cc1cccc(N2CCN(C(=O)c3[nH]c(C)c(S(=O)(=O)N4CCC(C)CC4)c3C)C[C@H]2C)c1. The van der Waals surface area contributed by atoms with Crippen LogP contribution in [0.2, 0.25) is 0 Å². The average molecular weight is 473 g/mol. The molecule has 1 atom stereocenters. The summed E-state index contributed by atoms with van der Waals surface area (Å²) in [7, 11) is -3.63. The molecule has 0 saturated carbocycles. The van der Waals surface area contributed by atoms with Crippen molar-refractivity contribution in [1.29, 1.82) is 0 Å². The lowest BCUT2D eigenvalue weighted by atomic mass is 10.0. The van der Waals surface area contributed by atoms with Gasteiger partial charge in [0, 0.05) is 50.1 Å². The minimum Gasteiger partial charge on any atom is -0.365 e. The Bertz CT molecular complexity index is 1130. The molecule has 4 rings (SSSR count). The molecule has 2 fully saturated rings. The molecule has 0 spiro atoms. The quantitative estimate of drug-likeness (QED) is 0.736. The number of aromatic nitrogens is 1. The molecule has 8 heteroatoms. The van der Waals surface area contributed by atoms with Crippen LogP contribution in [0, 0.1) is 26.7 Å². The first-order valence-corrected chi connectivity index (χ1v) is 13.4. The number of sulfonamides is 1. The number of amides is 1. The van der Waals surface area contributed by atoms with Crippen LogP contribution in [0.15, 0.2) is 29.2 Å². The molecule has 0 bridgehead atoms. The molecule has 1 aromatic heterocycles. The molecule has 1 aromatic carbocycles. The Labute approximate surface area is 197 Å². The van der Waals surface area contributed by atoms with Crippen molar-refractivity contribution in [2.24, 2.45) is 5.92 Å². The van der Waals surface area contributed by atoms with Crippen molar-refractivity contribution in [2.45, 2.75) is 58.4 Å². The highest BCUT2D eigenvalue weighted by molar-refractivity contribution is 7.89. The molecule has 180 valence electrons. The van der Waals surface area contributed by atoms with Crippen LogP contribution >= 0.6 is 0 Å². The van der Waals surface area contributed by atoms with Crippen molar-refractivity contribution in [1.82, 2.24) is 14.2 Å². The van der Waals surface area contributed by atoms with Gasteiger partial charge in [0.05, 0.1) is 0 Å². The molecule has 2 aromatic rings. The van der Waals surface area contributed by atoms with E-state index in [1.54, 1.807) is 18.2 Å². The van der Waals surface area contributed by atoms with E-state index in [2.05, 4.69) is 54.9 Å². The van der Waals surface area contributed by atoms with Gasteiger partial charge in [-0.1, -0.05) is 19.1 Å². The number of hydrogen-bond donors (Lipinski definition) is 1. The number of hydrogen-bond acceptors (Lipinski definition) is 4. The Kier molecular flexibility index (Phi) is 6.60. The van der Waals surface area contributed by atoms with Crippen LogP contribution < -0.4 is 4.90 Å². The molecule has 1 N–H and O–H groups in total. The van der Waals surface area contributed by atoms with Crippen LogP contribution in [0.4, 0.5) is 5.69 Å². The van der Waals surface area contributed by atoms with Gasteiger partial charge in [-0.05, 0) is 69.7 Å². The molecule has 2 aliphatic rings. The predicted molar refractivity (Wildman–Crippen MR) is 131 cm³/mol. The van der Waals surface area contributed by atoms with E-state index in [1.807, 2.05) is 4.90 Å². The maximum Gasteiger partial charge on any atom is 0.270 e. The van der Waals surface area contributed by atoms with Crippen LogP contribution in [0.5, 0.6) is 0 Å². The Hall–Kier alpha value is -2.32. The fraction of sp³-hybridized carbons (Fsp3) is 0.560. The number of nitrogens with one attached hydrogen (secondary N) is 1. The first-order valence-electron chi connectivity index (χ1n) is 11.9. The molecule has 0 unspecified atom stereocenters. The summed E-state index contributed by atoms with van der Waals surface area (Å²) in [5.41, 5.74) is 3.86. The molecule has 2 aliphatic heterocycles. The van der Waals surface area contributed by atoms with Gasteiger partial charge >= 0.3 is 0 Å². The van der Waals surface area contributed by atoms with Gasteiger partial charge in [0.1, 0.15) is 10.6 Å². The summed E-state index contributed by atoms with van der Waals surface area (Å²) in [6.45, 7) is 12.9. The summed E-state index contributed by atoms with van der Waals surface area (Å²) in [5.74, 6) is 0.419. The lowest BCUT2D eigenvalue weighted by molar-refractivity contribution is 0.0720. The lowest BCUT2D eigenvalue weighted by Gasteiger charge is -2.41. The number of piperidine rings is 1. The first-order chi connectivity index (χ1) is 15.6. The third-order valence-electron chi connectivity index (χ3n) is 7.17. The first kappa shape index (κ1) is 23.8. The topological polar surface area (TPSA) is 76.7 Å². The molecule has 3 heterocycles. The van der Waals surface area contributed by atoms with Crippen LogP contribution in [0.25, 0.3) is 0 Å². The van der Waals surface area contributed by atoms with Gasteiger partial charge in [-0.25, -0.2) is 8.42 Å². The number of nitrogens with zero attached hydrogens (tertiary/aromatic N) is 3. The third kappa shape index (κ3) is 4.55. The second kappa shape index (κ2) is 9.14. The average Bonchev–Trinajstić information content (AvgIpc) is 3.08. The Morgan fingerprint density at radius 2 is 1.73 bits per heavy atom. The van der Waals surface area contributed by atoms with Gasteiger partial charge in [-0.15, -0.1) is 0 Å². The summed E-state index contributed by atoms with van der Waals surface area (Å²) >= 11 is 0. The fourth-order valence-electron chi connectivity index (χ4n) is 5.18. The standard InChI is InChI=1S/C25H36N4O3S/c1-17-9-11-28(12-10-17)33(31,32)24-20(4)23(26-21(24)5)25(30)27-13-14-29(19(3)16-27)22-8-6-7-18(2)15-22/h6-8,15,17,19,26H,9-14,16H2,1-5H3/t19-/m1/s1. The van der Waals surface area contributed by atoms with Crippen molar-refractivity contribution < 1.29 is 13.2 Å². The number of carbonyl (C=O) groups excluding carboxylic acids is 1. The minimum absolute atomic E-state index is 0.125. The number of benzene rings is 1. The van der Waals surface area contributed by atoms with Crippen molar-refractivity contribution in [3.63, 3.8) is 0 Å². The molecular formula is C25H36N4O3S. The molecule has 0 aliphatic carbocycles. The van der Waals surface area contributed by atoms with E-state index < -0.39 is 10.0 Å². The number of aryl methyl sites for hydroxylation is 2. The van der Waals surface area contributed by atoms with E-state index >= 15 is 0 Å². The molecule has 33 heavy (non-hydrogen) atoms. The molecule has 1 amide bonds. The van der Waals surface area contributed by atoms with E-state index in [0.717, 1.165) is 19.4 Å². The lowest BCUT2D eigenvalue weighted by Crippen LogP contribution is -2.54. The maximum atomic E-state index is 13.4. The number of H-pyrrole nitrogens is 1. The number of carbonyl (C=O) groups is 1.